The smallest absolute Gasteiger partial charge is 0.407 e. The number of nitrogens with zero attached hydrogens (tertiary/aromatic N) is 3. The minimum absolute atomic E-state index is 0.00564. The van der Waals surface area contributed by atoms with Crippen LogP contribution in [-0.2, 0) is 9.84 Å². The highest BCUT2D eigenvalue weighted by Crippen LogP contribution is 2.37. The standard InChI is InChI=1S/C17H19ClN4O4S/c1-27(25,26)12-6-13-14(19-8-12)7-15(18)21-16(13)20-9-4-10-2-3-11(5-9)22(10)17(23)24/h6-11H,2-5H2,1H3,(H,20,21)(H,23,24)/t9-,10+,11-. The van der Waals surface area contributed by atoms with E-state index in [4.69, 9.17) is 11.6 Å². The van der Waals surface area contributed by atoms with Gasteiger partial charge in [-0.05, 0) is 31.7 Å². The number of pyridine rings is 2. The van der Waals surface area contributed by atoms with Crippen molar-refractivity contribution in [3.63, 3.8) is 0 Å². The van der Waals surface area contributed by atoms with E-state index < -0.39 is 15.9 Å². The summed E-state index contributed by atoms with van der Waals surface area (Å²) in [5, 5.41) is 13.6. The minimum Gasteiger partial charge on any atom is -0.465 e. The molecule has 144 valence electrons. The van der Waals surface area contributed by atoms with Crippen LogP contribution < -0.4 is 5.32 Å². The maximum atomic E-state index is 11.9. The number of hydrogen-bond donors (Lipinski definition) is 2. The fraction of sp³-hybridized carbons (Fsp3) is 0.471. The Bertz CT molecular complexity index is 1020. The predicted molar refractivity (Wildman–Crippen MR) is 101 cm³/mol. The van der Waals surface area contributed by atoms with Gasteiger partial charge < -0.3 is 15.3 Å². The molecule has 2 saturated heterocycles. The van der Waals surface area contributed by atoms with Gasteiger partial charge in [-0.2, -0.15) is 0 Å². The second kappa shape index (κ2) is 6.49. The second-order valence-corrected chi connectivity index (χ2v) is 9.59. The summed E-state index contributed by atoms with van der Waals surface area (Å²) in [6.07, 6.45) is 4.65. The number of hydrogen-bond acceptors (Lipinski definition) is 6. The maximum Gasteiger partial charge on any atom is 0.407 e. The summed E-state index contributed by atoms with van der Waals surface area (Å²) in [5.74, 6) is 0.476. The highest BCUT2D eigenvalue weighted by Gasteiger charge is 2.43. The van der Waals surface area contributed by atoms with Crippen LogP contribution in [0.3, 0.4) is 0 Å². The maximum absolute atomic E-state index is 11.9. The van der Waals surface area contributed by atoms with E-state index in [1.54, 1.807) is 17.0 Å². The lowest BCUT2D eigenvalue weighted by atomic mass is 9.97. The molecule has 2 N–H and O–H groups in total. The monoisotopic (exact) mass is 410 g/mol. The number of halogens is 1. The van der Waals surface area contributed by atoms with Gasteiger partial charge in [0.25, 0.3) is 0 Å². The van der Waals surface area contributed by atoms with Crippen LogP contribution in [0.25, 0.3) is 10.9 Å². The van der Waals surface area contributed by atoms with Gasteiger partial charge in [-0.25, -0.2) is 18.2 Å². The van der Waals surface area contributed by atoms with E-state index in [0.29, 0.717) is 29.6 Å². The Kier molecular flexibility index (Phi) is 4.38. The number of piperidine rings is 1. The topological polar surface area (TPSA) is 112 Å². The molecule has 2 bridgehead atoms. The van der Waals surface area contributed by atoms with Crippen LogP contribution in [0.4, 0.5) is 10.6 Å². The first-order chi connectivity index (χ1) is 12.7. The molecule has 0 saturated carbocycles. The molecule has 2 aliphatic heterocycles. The summed E-state index contributed by atoms with van der Waals surface area (Å²) in [7, 11) is -3.40. The van der Waals surface area contributed by atoms with Crippen LogP contribution in [-0.4, -0.2) is 58.9 Å². The molecule has 10 heteroatoms. The minimum atomic E-state index is -3.40. The molecule has 2 aliphatic rings. The molecule has 3 atom stereocenters. The van der Waals surface area contributed by atoms with Crippen LogP contribution in [0.1, 0.15) is 25.7 Å². The molecule has 0 aromatic carbocycles. The molecule has 1 amide bonds. The number of nitrogens with one attached hydrogen (secondary N) is 1. The van der Waals surface area contributed by atoms with E-state index in [1.165, 1.54) is 6.20 Å². The van der Waals surface area contributed by atoms with Crippen LogP contribution in [0, 0.1) is 0 Å². The molecule has 2 aromatic heterocycles. The first-order valence-corrected chi connectivity index (χ1v) is 10.9. The zero-order chi connectivity index (χ0) is 19.3. The zero-order valence-corrected chi connectivity index (χ0v) is 16.2. The number of amides is 1. The molecule has 27 heavy (non-hydrogen) atoms. The Hall–Kier alpha value is -2.13. The molecule has 0 spiro atoms. The van der Waals surface area contributed by atoms with Crippen LogP contribution in [0.15, 0.2) is 23.2 Å². The Balaban J connectivity index is 1.67. The number of anilines is 1. The summed E-state index contributed by atoms with van der Waals surface area (Å²) in [5.41, 5.74) is 0.552. The second-order valence-electron chi connectivity index (χ2n) is 7.19. The number of sulfone groups is 1. The Morgan fingerprint density at radius 2 is 1.96 bits per heavy atom. The normalized spacial score (nSPS) is 25.0. The average Bonchev–Trinajstić information content (AvgIpc) is 2.85. The van der Waals surface area contributed by atoms with Gasteiger partial charge in [-0.3, -0.25) is 4.98 Å². The SMILES string of the molecule is CS(=O)(=O)c1cnc2cc(Cl)nc(N[C@H]3C[C@H]4CC[C@@H](C3)N4C(=O)O)c2c1. The number of carbonyl (C=O) groups is 1. The van der Waals surface area contributed by atoms with Crippen LogP contribution >= 0.6 is 11.6 Å². The lowest BCUT2D eigenvalue weighted by molar-refractivity contribution is 0.0994. The molecule has 8 nitrogen and oxygen atoms in total. The third-order valence-electron chi connectivity index (χ3n) is 5.35. The van der Waals surface area contributed by atoms with E-state index in [9.17, 15) is 18.3 Å². The largest absolute Gasteiger partial charge is 0.465 e. The van der Waals surface area contributed by atoms with Gasteiger partial charge in [0.15, 0.2) is 9.84 Å². The molecular weight excluding hydrogens is 392 g/mol. The van der Waals surface area contributed by atoms with E-state index in [-0.39, 0.29) is 28.2 Å². The Morgan fingerprint density at radius 3 is 2.56 bits per heavy atom. The van der Waals surface area contributed by atoms with Crippen molar-refractivity contribution < 1.29 is 18.3 Å². The van der Waals surface area contributed by atoms with Crippen molar-refractivity contribution in [2.24, 2.45) is 0 Å². The van der Waals surface area contributed by atoms with Gasteiger partial charge >= 0.3 is 6.09 Å². The van der Waals surface area contributed by atoms with Gasteiger partial charge in [-0.1, -0.05) is 11.6 Å². The number of fused-ring (bicyclic) bond motifs is 3. The van der Waals surface area contributed by atoms with Gasteiger partial charge in [0, 0.05) is 42.0 Å². The first-order valence-electron chi connectivity index (χ1n) is 8.66. The number of aromatic nitrogens is 2. The fourth-order valence-corrected chi connectivity index (χ4v) is 4.95. The van der Waals surface area contributed by atoms with Crippen LogP contribution in [0.5, 0.6) is 0 Å². The summed E-state index contributed by atoms with van der Waals surface area (Å²) in [6, 6.07) is 3.16. The predicted octanol–water partition coefficient (Wildman–Crippen LogP) is 2.77. The molecule has 2 aromatic rings. The third kappa shape index (κ3) is 3.41. The fourth-order valence-electron chi connectivity index (χ4n) is 4.19. The van der Waals surface area contributed by atoms with Gasteiger partial charge in [0.2, 0.25) is 0 Å². The molecule has 4 heterocycles. The molecule has 4 rings (SSSR count). The van der Waals surface area contributed by atoms with Crippen molar-refractivity contribution in [2.75, 3.05) is 11.6 Å². The van der Waals surface area contributed by atoms with Crippen LogP contribution in [0.2, 0.25) is 5.15 Å². The summed E-state index contributed by atoms with van der Waals surface area (Å²) >= 11 is 6.11. The van der Waals surface area contributed by atoms with Crippen molar-refractivity contribution >= 4 is 44.3 Å². The van der Waals surface area contributed by atoms with Gasteiger partial charge in [0.1, 0.15) is 11.0 Å². The molecule has 0 aliphatic carbocycles. The first kappa shape index (κ1) is 18.2. The van der Waals surface area contributed by atoms with Crippen molar-refractivity contribution in [2.45, 2.75) is 48.7 Å². The number of carboxylic acid groups (broad SMARTS) is 1. The van der Waals surface area contributed by atoms with Gasteiger partial charge in [-0.15, -0.1) is 0 Å². The number of rotatable bonds is 3. The van der Waals surface area contributed by atoms with Crippen molar-refractivity contribution in [3.8, 4) is 0 Å². The highest BCUT2D eigenvalue weighted by molar-refractivity contribution is 7.90. The molecule has 2 fully saturated rings. The molecule has 0 unspecified atom stereocenters. The van der Waals surface area contributed by atoms with E-state index in [0.717, 1.165) is 19.1 Å². The van der Waals surface area contributed by atoms with E-state index in [1.807, 2.05) is 0 Å². The average molecular weight is 411 g/mol. The summed E-state index contributed by atoms with van der Waals surface area (Å²) in [4.78, 5) is 21.7. The summed E-state index contributed by atoms with van der Waals surface area (Å²) < 4.78 is 23.7. The third-order valence-corrected chi connectivity index (χ3v) is 6.62. The van der Waals surface area contributed by atoms with Crippen molar-refractivity contribution in [1.29, 1.82) is 0 Å². The van der Waals surface area contributed by atoms with E-state index in [2.05, 4.69) is 15.3 Å². The summed E-state index contributed by atoms with van der Waals surface area (Å²) in [6.45, 7) is 0. The van der Waals surface area contributed by atoms with Crippen molar-refractivity contribution in [1.82, 2.24) is 14.9 Å². The highest BCUT2D eigenvalue weighted by atomic mass is 35.5. The molecule has 0 radical (unpaired) electrons. The van der Waals surface area contributed by atoms with E-state index >= 15 is 0 Å². The molecular formula is C17H19ClN4O4S. The lowest BCUT2D eigenvalue weighted by Gasteiger charge is -2.37. The Morgan fingerprint density at radius 1 is 1.30 bits per heavy atom. The Labute approximate surface area is 161 Å². The van der Waals surface area contributed by atoms with Crippen molar-refractivity contribution in [3.05, 3.63) is 23.5 Å². The quantitative estimate of drug-likeness (QED) is 0.748. The lowest BCUT2D eigenvalue weighted by Crippen LogP contribution is -2.49. The zero-order valence-electron chi connectivity index (χ0n) is 14.6. The van der Waals surface area contributed by atoms with Gasteiger partial charge in [0.05, 0.1) is 10.4 Å².